The SMILES string of the molecule is C[C@H](NS(=O)(=O)Cc1ccccc1Cl)C(=O)N1CCCCC1. The molecule has 1 amide bonds. The highest BCUT2D eigenvalue weighted by Crippen LogP contribution is 2.17. The Morgan fingerprint density at radius 3 is 2.55 bits per heavy atom. The van der Waals surface area contributed by atoms with Crippen molar-refractivity contribution in [1.82, 2.24) is 9.62 Å². The first-order valence-corrected chi connectivity index (χ1v) is 9.44. The highest BCUT2D eigenvalue weighted by Gasteiger charge is 2.26. The number of halogens is 1. The fourth-order valence-corrected chi connectivity index (χ4v) is 4.24. The van der Waals surface area contributed by atoms with Crippen LogP contribution in [0, 0.1) is 0 Å². The monoisotopic (exact) mass is 344 g/mol. The molecular weight excluding hydrogens is 324 g/mol. The van der Waals surface area contributed by atoms with Crippen LogP contribution in [0.1, 0.15) is 31.7 Å². The molecule has 22 heavy (non-hydrogen) atoms. The lowest BCUT2D eigenvalue weighted by molar-refractivity contribution is -0.133. The molecule has 1 aliphatic heterocycles. The van der Waals surface area contributed by atoms with Crippen LogP contribution in [0.25, 0.3) is 0 Å². The summed E-state index contributed by atoms with van der Waals surface area (Å²) in [5, 5.41) is 0.405. The molecule has 0 aromatic heterocycles. The second kappa shape index (κ2) is 7.44. The van der Waals surface area contributed by atoms with E-state index in [2.05, 4.69) is 4.72 Å². The van der Waals surface area contributed by atoms with Crippen LogP contribution in [0.2, 0.25) is 5.02 Å². The van der Waals surface area contributed by atoms with E-state index in [9.17, 15) is 13.2 Å². The second-order valence-electron chi connectivity index (χ2n) is 5.58. The maximum absolute atomic E-state index is 12.3. The van der Waals surface area contributed by atoms with Gasteiger partial charge in [-0.3, -0.25) is 4.79 Å². The second-order valence-corrected chi connectivity index (χ2v) is 7.74. The average molecular weight is 345 g/mol. The summed E-state index contributed by atoms with van der Waals surface area (Å²) in [4.78, 5) is 14.0. The quantitative estimate of drug-likeness (QED) is 0.890. The van der Waals surface area contributed by atoms with E-state index >= 15 is 0 Å². The van der Waals surface area contributed by atoms with E-state index in [-0.39, 0.29) is 11.7 Å². The average Bonchev–Trinajstić information content (AvgIpc) is 2.49. The summed E-state index contributed by atoms with van der Waals surface area (Å²) in [5.41, 5.74) is 0.522. The topological polar surface area (TPSA) is 66.5 Å². The highest BCUT2D eigenvalue weighted by atomic mass is 35.5. The number of amides is 1. The molecule has 1 aromatic carbocycles. The van der Waals surface area contributed by atoms with Crippen molar-refractivity contribution in [2.24, 2.45) is 0 Å². The van der Waals surface area contributed by atoms with Crippen LogP contribution in [0.4, 0.5) is 0 Å². The summed E-state index contributed by atoms with van der Waals surface area (Å²) in [5.74, 6) is -0.396. The molecule has 1 aliphatic rings. The van der Waals surface area contributed by atoms with E-state index in [1.807, 2.05) is 0 Å². The predicted molar refractivity (Wildman–Crippen MR) is 87.1 cm³/mol. The molecule has 0 spiro atoms. The van der Waals surface area contributed by atoms with Gasteiger partial charge in [-0.1, -0.05) is 29.8 Å². The summed E-state index contributed by atoms with van der Waals surface area (Å²) in [6.07, 6.45) is 3.08. The van der Waals surface area contributed by atoms with Crippen LogP contribution >= 0.6 is 11.6 Å². The Labute approximate surface area is 136 Å². The van der Waals surface area contributed by atoms with Crippen molar-refractivity contribution in [1.29, 1.82) is 0 Å². The van der Waals surface area contributed by atoms with Crippen molar-refractivity contribution < 1.29 is 13.2 Å². The van der Waals surface area contributed by atoms with E-state index in [1.165, 1.54) is 0 Å². The Bertz CT molecular complexity index is 627. The van der Waals surface area contributed by atoms with Gasteiger partial charge in [0.2, 0.25) is 15.9 Å². The number of nitrogens with one attached hydrogen (secondary N) is 1. The number of rotatable bonds is 5. The number of carbonyl (C=O) groups is 1. The molecule has 0 saturated carbocycles. The van der Waals surface area contributed by atoms with Crippen LogP contribution in [0.15, 0.2) is 24.3 Å². The first kappa shape index (κ1) is 17.2. The van der Waals surface area contributed by atoms with Crippen molar-refractivity contribution >= 4 is 27.5 Å². The Morgan fingerprint density at radius 1 is 1.27 bits per heavy atom. The molecule has 1 atom stereocenters. The molecule has 0 unspecified atom stereocenters. The number of benzene rings is 1. The van der Waals surface area contributed by atoms with Gasteiger partial charge in [-0.2, -0.15) is 0 Å². The van der Waals surface area contributed by atoms with Gasteiger partial charge >= 0.3 is 0 Å². The summed E-state index contributed by atoms with van der Waals surface area (Å²) in [6, 6.07) is 6.03. The summed E-state index contributed by atoms with van der Waals surface area (Å²) < 4.78 is 26.9. The minimum atomic E-state index is -3.62. The lowest BCUT2D eigenvalue weighted by atomic mass is 10.1. The molecule has 1 saturated heterocycles. The molecule has 0 aliphatic carbocycles. The Kier molecular flexibility index (Phi) is 5.83. The van der Waals surface area contributed by atoms with Crippen LogP contribution < -0.4 is 4.72 Å². The molecule has 0 bridgehead atoms. The van der Waals surface area contributed by atoms with Gasteiger partial charge in [0.25, 0.3) is 0 Å². The molecule has 7 heteroatoms. The zero-order valence-corrected chi connectivity index (χ0v) is 14.2. The number of carbonyl (C=O) groups excluding carboxylic acids is 1. The lowest BCUT2D eigenvalue weighted by Gasteiger charge is -2.29. The molecular formula is C15H21ClN2O3S. The Hall–Kier alpha value is -1.11. The van der Waals surface area contributed by atoms with Gasteiger partial charge < -0.3 is 4.90 Å². The zero-order chi connectivity index (χ0) is 16.2. The van der Waals surface area contributed by atoms with Crippen molar-refractivity contribution in [2.45, 2.75) is 38.0 Å². The molecule has 1 heterocycles. The third-order valence-corrected chi connectivity index (χ3v) is 5.47. The first-order valence-electron chi connectivity index (χ1n) is 7.41. The van der Waals surface area contributed by atoms with Crippen LogP contribution in [-0.4, -0.2) is 38.4 Å². The number of sulfonamides is 1. The van der Waals surface area contributed by atoms with Crippen molar-refractivity contribution in [2.75, 3.05) is 13.1 Å². The van der Waals surface area contributed by atoms with E-state index in [4.69, 9.17) is 11.6 Å². The first-order chi connectivity index (χ1) is 10.4. The fraction of sp³-hybridized carbons (Fsp3) is 0.533. The van der Waals surface area contributed by atoms with Gasteiger partial charge in [0.15, 0.2) is 0 Å². The summed E-state index contributed by atoms with van der Waals surface area (Å²) in [7, 11) is -3.62. The van der Waals surface area contributed by atoms with Crippen molar-refractivity contribution in [3.05, 3.63) is 34.9 Å². The van der Waals surface area contributed by atoms with E-state index < -0.39 is 16.1 Å². The van der Waals surface area contributed by atoms with Gasteiger partial charge in [0.1, 0.15) is 0 Å². The van der Waals surface area contributed by atoms with Crippen molar-refractivity contribution in [3.8, 4) is 0 Å². The molecule has 2 rings (SSSR count). The minimum absolute atomic E-state index is 0.164. The lowest BCUT2D eigenvalue weighted by Crippen LogP contribution is -2.48. The van der Waals surface area contributed by atoms with Gasteiger partial charge in [0, 0.05) is 18.1 Å². The number of hydrogen-bond acceptors (Lipinski definition) is 3. The summed E-state index contributed by atoms with van der Waals surface area (Å²) in [6.45, 7) is 2.99. The third kappa shape index (κ3) is 4.69. The van der Waals surface area contributed by atoms with Gasteiger partial charge in [-0.25, -0.2) is 13.1 Å². The molecule has 122 valence electrons. The minimum Gasteiger partial charge on any atom is -0.341 e. The van der Waals surface area contributed by atoms with E-state index in [0.29, 0.717) is 23.7 Å². The molecule has 1 aromatic rings. The Balaban J connectivity index is 1.98. The zero-order valence-electron chi connectivity index (χ0n) is 12.6. The largest absolute Gasteiger partial charge is 0.341 e. The normalized spacial score (nSPS) is 17.3. The van der Waals surface area contributed by atoms with Crippen LogP contribution in [0.5, 0.6) is 0 Å². The highest BCUT2D eigenvalue weighted by molar-refractivity contribution is 7.88. The molecule has 1 fully saturated rings. The molecule has 1 N–H and O–H groups in total. The number of nitrogens with zero attached hydrogens (tertiary/aromatic N) is 1. The van der Waals surface area contributed by atoms with Gasteiger partial charge in [0.05, 0.1) is 11.8 Å². The van der Waals surface area contributed by atoms with E-state index in [1.54, 1.807) is 36.1 Å². The molecule has 5 nitrogen and oxygen atoms in total. The number of hydrogen-bond donors (Lipinski definition) is 1. The standard InChI is InChI=1S/C15H21ClN2O3S/c1-12(15(19)18-9-5-2-6-10-18)17-22(20,21)11-13-7-3-4-8-14(13)16/h3-4,7-8,12,17H,2,5-6,9-11H2,1H3/t12-/m0/s1. The smallest absolute Gasteiger partial charge is 0.240 e. The fourth-order valence-electron chi connectivity index (χ4n) is 2.57. The molecule has 0 radical (unpaired) electrons. The Morgan fingerprint density at radius 2 is 1.91 bits per heavy atom. The maximum atomic E-state index is 12.3. The number of piperidine rings is 1. The maximum Gasteiger partial charge on any atom is 0.240 e. The van der Waals surface area contributed by atoms with Gasteiger partial charge in [-0.05, 0) is 37.8 Å². The number of likely N-dealkylation sites (tertiary alicyclic amines) is 1. The van der Waals surface area contributed by atoms with Crippen LogP contribution in [0.3, 0.4) is 0 Å². The predicted octanol–water partition coefficient (Wildman–Crippen LogP) is 2.16. The van der Waals surface area contributed by atoms with Crippen LogP contribution in [-0.2, 0) is 20.6 Å². The van der Waals surface area contributed by atoms with Gasteiger partial charge in [-0.15, -0.1) is 0 Å². The third-order valence-electron chi connectivity index (χ3n) is 3.70. The van der Waals surface area contributed by atoms with E-state index in [0.717, 1.165) is 19.3 Å². The summed E-state index contributed by atoms with van der Waals surface area (Å²) >= 11 is 5.98. The van der Waals surface area contributed by atoms with Crippen molar-refractivity contribution in [3.63, 3.8) is 0 Å².